The van der Waals surface area contributed by atoms with Gasteiger partial charge < -0.3 is 11.1 Å². The van der Waals surface area contributed by atoms with Gasteiger partial charge in [0.2, 0.25) is 5.91 Å². The second-order valence-electron chi connectivity index (χ2n) is 6.62. The topological polar surface area (TPSA) is 99.3 Å². The van der Waals surface area contributed by atoms with Crippen LogP contribution in [0.2, 0.25) is 0 Å². The molecule has 0 spiro atoms. The summed E-state index contributed by atoms with van der Waals surface area (Å²) < 4.78 is 13.0. The average Bonchev–Trinajstić information content (AvgIpc) is 2.77. The van der Waals surface area contributed by atoms with E-state index in [1.165, 1.54) is 23.1 Å². The molecule has 0 aliphatic heterocycles. The molecule has 0 saturated carbocycles. The van der Waals surface area contributed by atoms with Gasteiger partial charge in [0, 0.05) is 23.4 Å². The largest absolute Gasteiger partial charge is 0.384 e. The molecule has 3 aromatic rings. The number of hydrogen-bond acceptors (Lipinski definition) is 3. The molecule has 30 heavy (non-hydrogen) atoms. The smallest absolute Gasteiger partial charge is 0.258 e. The van der Waals surface area contributed by atoms with Crippen LogP contribution in [0.15, 0.2) is 78.9 Å². The van der Waals surface area contributed by atoms with Crippen molar-refractivity contribution < 1.29 is 14.0 Å². The van der Waals surface area contributed by atoms with Gasteiger partial charge in [-0.25, -0.2) is 4.39 Å². The number of hydrogen-bond donors (Lipinski definition) is 3. The molecule has 0 aliphatic carbocycles. The first kappa shape index (κ1) is 20.7. The van der Waals surface area contributed by atoms with E-state index in [0.29, 0.717) is 16.8 Å². The Morgan fingerprint density at radius 2 is 1.60 bits per heavy atom. The molecule has 0 aromatic heterocycles. The summed E-state index contributed by atoms with van der Waals surface area (Å²) in [5.41, 5.74) is 7.58. The van der Waals surface area contributed by atoms with Gasteiger partial charge in [0.15, 0.2) is 0 Å². The Balaban J connectivity index is 1.78. The van der Waals surface area contributed by atoms with Gasteiger partial charge in [-0.2, -0.15) is 0 Å². The number of amides is 2. The van der Waals surface area contributed by atoms with E-state index in [-0.39, 0.29) is 36.6 Å². The molecule has 152 valence electrons. The minimum absolute atomic E-state index is 0.145. The van der Waals surface area contributed by atoms with Gasteiger partial charge in [-0.1, -0.05) is 42.5 Å². The quantitative estimate of drug-likeness (QED) is 0.417. The summed E-state index contributed by atoms with van der Waals surface area (Å²) in [7, 11) is 0. The maximum atomic E-state index is 13.2. The number of benzene rings is 3. The fraction of sp³-hybridized carbons (Fsp3) is 0.0870. The van der Waals surface area contributed by atoms with Crippen LogP contribution in [0, 0.1) is 11.2 Å². The average molecular weight is 404 g/mol. The summed E-state index contributed by atoms with van der Waals surface area (Å²) in [6.45, 7) is 0.0180. The van der Waals surface area contributed by atoms with Gasteiger partial charge in [-0.3, -0.25) is 19.9 Å². The van der Waals surface area contributed by atoms with E-state index >= 15 is 0 Å². The number of carbonyl (C=O) groups excluding carboxylic acids is 2. The van der Waals surface area contributed by atoms with Crippen LogP contribution in [0.25, 0.3) is 0 Å². The fourth-order valence-corrected chi connectivity index (χ4v) is 2.87. The van der Waals surface area contributed by atoms with Crippen LogP contribution in [0.4, 0.5) is 10.1 Å². The number of nitrogens with zero attached hydrogens (tertiary/aromatic N) is 1. The second kappa shape index (κ2) is 9.47. The number of para-hydroxylation sites is 1. The SMILES string of the molecule is N=C(N)c1cccc(C(=O)N(CC(=O)NCc2ccc(F)cc2)c2ccccc2)c1. The monoisotopic (exact) mass is 404 g/mol. The molecule has 0 radical (unpaired) electrons. The molecular formula is C23H21FN4O2. The van der Waals surface area contributed by atoms with Crippen LogP contribution in [0.1, 0.15) is 21.5 Å². The van der Waals surface area contributed by atoms with Crippen LogP contribution in [-0.4, -0.2) is 24.2 Å². The second-order valence-corrected chi connectivity index (χ2v) is 6.62. The van der Waals surface area contributed by atoms with Crippen molar-refractivity contribution in [2.75, 3.05) is 11.4 Å². The number of rotatable bonds is 7. The van der Waals surface area contributed by atoms with E-state index in [4.69, 9.17) is 11.1 Å². The molecule has 6 nitrogen and oxygen atoms in total. The third-order valence-electron chi connectivity index (χ3n) is 4.44. The highest BCUT2D eigenvalue weighted by Crippen LogP contribution is 2.17. The van der Waals surface area contributed by atoms with Crippen LogP contribution < -0.4 is 16.0 Å². The van der Waals surface area contributed by atoms with Gasteiger partial charge in [0.05, 0.1) is 0 Å². The molecule has 0 unspecified atom stereocenters. The molecule has 0 fully saturated rings. The Morgan fingerprint density at radius 1 is 0.933 bits per heavy atom. The molecule has 2 amide bonds. The van der Waals surface area contributed by atoms with Crippen LogP contribution in [0.3, 0.4) is 0 Å². The Kier molecular flexibility index (Phi) is 6.54. The summed E-state index contributed by atoms with van der Waals surface area (Å²) in [5.74, 6) is -1.24. The number of halogens is 1. The number of nitrogen functional groups attached to an aromatic ring is 1. The summed E-state index contributed by atoms with van der Waals surface area (Å²) >= 11 is 0. The van der Waals surface area contributed by atoms with Gasteiger partial charge in [-0.15, -0.1) is 0 Å². The van der Waals surface area contributed by atoms with Crippen molar-refractivity contribution in [1.29, 1.82) is 5.41 Å². The lowest BCUT2D eigenvalue weighted by atomic mass is 10.1. The van der Waals surface area contributed by atoms with Gasteiger partial charge in [0.1, 0.15) is 18.2 Å². The standard InChI is InChI=1S/C23H21FN4O2/c24-19-11-9-16(10-12-19)14-27-21(29)15-28(20-7-2-1-3-8-20)23(30)18-6-4-5-17(13-18)22(25)26/h1-13H,14-15H2,(H3,25,26)(H,27,29). The van der Waals surface area contributed by atoms with Crippen molar-refractivity contribution in [3.8, 4) is 0 Å². The maximum absolute atomic E-state index is 13.2. The third-order valence-corrected chi connectivity index (χ3v) is 4.44. The molecule has 0 bridgehead atoms. The molecule has 0 aliphatic rings. The van der Waals surface area contributed by atoms with Crippen molar-refractivity contribution in [3.05, 3.63) is 101 Å². The highest BCUT2D eigenvalue weighted by molar-refractivity contribution is 6.10. The number of nitrogens with two attached hydrogens (primary N) is 1. The molecule has 0 heterocycles. The molecule has 7 heteroatoms. The zero-order valence-corrected chi connectivity index (χ0v) is 16.1. The number of anilines is 1. The lowest BCUT2D eigenvalue weighted by Gasteiger charge is -2.23. The van der Waals surface area contributed by atoms with Gasteiger partial charge in [-0.05, 0) is 42.0 Å². The maximum Gasteiger partial charge on any atom is 0.258 e. The zero-order chi connectivity index (χ0) is 21.5. The molecule has 3 rings (SSSR count). The minimum Gasteiger partial charge on any atom is -0.384 e. The van der Waals surface area contributed by atoms with Crippen molar-refractivity contribution >= 4 is 23.3 Å². The lowest BCUT2D eigenvalue weighted by molar-refractivity contribution is -0.119. The number of carbonyl (C=O) groups is 2. The highest BCUT2D eigenvalue weighted by atomic mass is 19.1. The van der Waals surface area contributed by atoms with E-state index < -0.39 is 0 Å². The summed E-state index contributed by atoms with van der Waals surface area (Å²) in [6.07, 6.45) is 0. The lowest BCUT2D eigenvalue weighted by Crippen LogP contribution is -2.40. The van der Waals surface area contributed by atoms with Crippen molar-refractivity contribution in [3.63, 3.8) is 0 Å². The first-order valence-electron chi connectivity index (χ1n) is 9.26. The predicted octanol–water partition coefficient (Wildman–Crippen LogP) is 3.07. The van der Waals surface area contributed by atoms with E-state index in [1.807, 2.05) is 6.07 Å². The summed E-state index contributed by atoms with van der Waals surface area (Å²) in [4.78, 5) is 27.1. The van der Waals surface area contributed by atoms with E-state index in [1.54, 1.807) is 54.6 Å². The third kappa shape index (κ3) is 5.29. The summed E-state index contributed by atoms with van der Waals surface area (Å²) in [6, 6.07) is 21.1. The zero-order valence-electron chi connectivity index (χ0n) is 16.1. The molecule has 4 N–H and O–H groups in total. The Labute approximate surface area is 173 Å². The van der Waals surface area contributed by atoms with Crippen molar-refractivity contribution in [1.82, 2.24) is 5.32 Å². The highest BCUT2D eigenvalue weighted by Gasteiger charge is 2.21. The van der Waals surface area contributed by atoms with Crippen molar-refractivity contribution in [2.45, 2.75) is 6.54 Å². The van der Waals surface area contributed by atoms with Crippen LogP contribution >= 0.6 is 0 Å². The predicted molar refractivity (Wildman–Crippen MR) is 114 cm³/mol. The van der Waals surface area contributed by atoms with E-state index in [0.717, 1.165) is 5.56 Å². The Hall–Kier alpha value is -4.00. The molecule has 3 aromatic carbocycles. The van der Waals surface area contributed by atoms with Crippen molar-refractivity contribution in [2.24, 2.45) is 5.73 Å². The number of amidine groups is 1. The first-order chi connectivity index (χ1) is 14.4. The normalized spacial score (nSPS) is 10.3. The number of nitrogens with one attached hydrogen (secondary N) is 2. The van der Waals surface area contributed by atoms with Gasteiger partial charge >= 0.3 is 0 Å². The van der Waals surface area contributed by atoms with E-state index in [2.05, 4.69) is 5.32 Å². The minimum atomic E-state index is -0.388. The fourth-order valence-electron chi connectivity index (χ4n) is 2.87. The Bertz CT molecular complexity index is 1050. The Morgan fingerprint density at radius 3 is 2.27 bits per heavy atom. The first-order valence-corrected chi connectivity index (χ1v) is 9.26. The van der Waals surface area contributed by atoms with E-state index in [9.17, 15) is 14.0 Å². The summed E-state index contributed by atoms with van der Waals surface area (Å²) in [5, 5.41) is 10.3. The molecule has 0 atom stereocenters. The molecular weight excluding hydrogens is 383 g/mol. The van der Waals surface area contributed by atoms with Crippen LogP contribution in [0.5, 0.6) is 0 Å². The van der Waals surface area contributed by atoms with Crippen LogP contribution in [-0.2, 0) is 11.3 Å². The molecule has 0 saturated heterocycles. The van der Waals surface area contributed by atoms with Gasteiger partial charge in [0.25, 0.3) is 5.91 Å².